The molecule has 2 heterocycles. The largest absolute Gasteiger partial charge is 0.436 e. The molecule has 160 valence electrons. The third kappa shape index (κ3) is 5.30. The van der Waals surface area contributed by atoms with Gasteiger partial charge in [0.15, 0.2) is 5.82 Å². The van der Waals surface area contributed by atoms with Crippen LogP contribution in [0.25, 0.3) is 0 Å². The van der Waals surface area contributed by atoms with Crippen LogP contribution in [0.15, 0.2) is 60.9 Å². The van der Waals surface area contributed by atoms with Gasteiger partial charge in [-0.3, -0.25) is 4.79 Å². The minimum Gasteiger partial charge on any atom is -0.436 e. The quantitative estimate of drug-likeness (QED) is 0.607. The number of carbonyl (C=O) groups excluding carboxylic acids is 1. The molecule has 1 atom stereocenters. The van der Waals surface area contributed by atoms with Crippen molar-refractivity contribution in [1.29, 1.82) is 0 Å². The Labute approximate surface area is 185 Å². The Morgan fingerprint density at radius 1 is 1.19 bits per heavy atom. The zero-order valence-electron chi connectivity index (χ0n) is 16.8. The molecule has 4 rings (SSSR count). The Bertz CT molecular complexity index is 1050. The van der Waals surface area contributed by atoms with E-state index in [1.807, 2.05) is 35.2 Å². The minimum atomic E-state index is -0.475. The number of carbonyl (C=O) groups is 1. The number of amides is 1. The first-order valence-corrected chi connectivity index (χ1v) is 10.5. The van der Waals surface area contributed by atoms with Crippen LogP contribution in [-0.2, 0) is 11.3 Å². The Morgan fingerprint density at radius 3 is 2.81 bits per heavy atom. The average Bonchev–Trinajstić information content (AvgIpc) is 2.81. The summed E-state index contributed by atoms with van der Waals surface area (Å²) in [6.45, 7) is 1.57. The van der Waals surface area contributed by atoms with Crippen molar-refractivity contribution in [2.24, 2.45) is 5.92 Å². The molecule has 1 saturated heterocycles. The van der Waals surface area contributed by atoms with E-state index < -0.39 is 5.82 Å². The molecule has 0 bridgehead atoms. The van der Waals surface area contributed by atoms with Gasteiger partial charge in [-0.15, -0.1) is 0 Å². The van der Waals surface area contributed by atoms with Crippen molar-refractivity contribution in [1.82, 2.24) is 15.3 Å². The zero-order valence-corrected chi connectivity index (χ0v) is 17.6. The van der Waals surface area contributed by atoms with E-state index >= 15 is 0 Å². The maximum Gasteiger partial charge on any atom is 0.263 e. The van der Waals surface area contributed by atoms with Gasteiger partial charge in [0.25, 0.3) is 5.88 Å². The fourth-order valence-corrected chi connectivity index (χ4v) is 3.78. The van der Waals surface area contributed by atoms with Crippen LogP contribution in [0.2, 0.25) is 5.02 Å². The van der Waals surface area contributed by atoms with Crippen molar-refractivity contribution in [2.45, 2.75) is 19.4 Å². The summed E-state index contributed by atoms with van der Waals surface area (Å²) in [5.41, 5.74) is 0.750. The van der Waals surface area contributed by atoms with Gasteiger partial charge >= 0.3 is 0 Å². The van der Waals surface area contributed by atoms with Crippen molar-refractivity contribution in [3.63, 3.8) is 0 Å². The fourth-order valence-electron chi connectivity index (χ4n) is 3.57. The molecule has 3 aromatic rings. The molecule has 0 saturated carbocycles. The lowest BCUT2D eigenvalue weighted by molar-refractivity contribution is -0.125. The lowest BCUT2D eigenvalue weighted by Gasteiger charge is -2.33. The molecule has 1 aliphatic heterocycles. The van der Waals surface area contributed by atoms with E-state index in [2.05, 4.69) is 15.3 Å². The van der Waals surface area contributed by atoms with Gasteiger partial charge < -0.3 is 15.0 Å². The lowest BCUT2D eigenvalue weighted by atomic mass is 9.97. The third-order valence-electron chi connectivity index (χ3n) is 5.15. The van der Waals surface area contributed by atoms with Crippen molar-refractivity contribution in [2.75, 3.05) is 18.0 Å². The molecule has 1 amide bonds. The molecular formula is C23H22ClFN4O2. The smallest absolute Gasteiger partial charge is 0.263 e. The number of hydrogen-bond acceptors (Lipinski definition) is 5. The molecule has 31 heavy (non-hydrogen) atoms. The number of nitrogens with one attached hydrogen (secondary N) is 1. The Kier molecular flexibility index (Phi) is 6.62. The van der Waals surface area contributed by atoms with Gasteiger partial charge in [0.1, 0.15) is 11.6 Å². The van der Waals surface area contributed by atoms with E-state index in [0.29, 0.717) is 30.5 Å². The standard InChI is InChI=1S/C23H22ClFN4O2/c24-19-13-16(8-9-20(19)25)14-28-22(30)17-5-4-12-29(15-17)21-23(27-11-10-26-21)31-18-6-2-1-3-7-18/h1-3,6-11,13,17H,4-5,12,14-15H2,(H,28,30)/t17-/m1/s1. The number of nitrogens with zero attached hydrogens (tertiary/aromatic N) is 3. The van der Waals surface area contributed by atoms with E-state index in [-0.39, 0.29) is 16.8 Å². The topological polar surface area (TPSA) is 67.4 Å². The number of halogens is 2. The molecule has 1 aromatic heterocycles. The zero-order chi connectivity index (χ0) is 21.6. The van der Waals surface area contributed by atoms with E-state index in [1.165, 1.54) is 12.1 Å². The van der Waals surface area contributed by atoms with E-state index in [1.54, 1.807) is 18.5 Å². The molecule has 0 aliphatic carbocycles. The van der Waals surface area contributed by atoms with Crippen molar-refractivity contribution in [3.8, 4) is 11.6 Å². The second-order valence-electron chi connectivity index (χ2n) is 7.35. The number of piperidine rings is 1. The summed E-state index contributed by atoms with van der Waals surface area (Å²) in [4.78, 5) is 23.6. The van der Waals surface area contributed by atoms with E-state index in [0.717, 1.165) is 24.9 Å². The molecule has 1 N–H and O–H groups in total. The molecule has 0 radical (unpaired) electrons. The normalized spacial score (nSPS) is 16.1. The van der Waals surface area contributed by atoms with Crippen LogP contribution in [0.3, 0.4) is 0 Å². The first kappa shape index (κ1) is 21.1. The summed E-state index contributed by atoms with van der Waals surface area (Å²) < 4.78 is 19.2. The second-order valence-corrected chi connectivity index (χ2v) is 7.76. The predicted molar refractivity (Wildman–Crippen MR) is 117 cm³/mol. The third-order valence-corrected chi connectivity index (χ3v) is 5.44. The highest BCUT2D eigenvalue weighted by molar-refractivity contribution is 6.30. The molecular weight excluding hydrogens is 419 g/mol. The number of aromatic nitrogens is 2. The summed E-state index contributed by atoms with van der Waals surface area (Å²) in [7, 11) is 0. The molecule has 8 heteroatoms. The summed E-state index contributed by atoms with van der Waals surface area (Å²) in [5, 5.41) is 2.97. The summed E-state index contributed by atoms with van der Waals surface area (Å²) in [6.07, 6.45) is 4.84. The van der Waals surface area contributed by atoms with Crippen LogP contribution in [0.1, 0.15) is 18.4 Å². The molecule has 1 aliphatic rings. The van der Waals surface area contributed by atoms with Gasteiger partial charge in [0, 0.05) is 32.0 Å². The average molecular weight is 441 g/mol. The number of ether oxygens (including phenoxy) is 1. The molecule has 6 nitrogen and oxygen atoms in total. The molecule has 0 unspecified atom stereocenters. The van der Waals surface area contributed by atoms with Crippen LogP contribution < -0.4 is 15.0 Å². The monoisotopic (exact) mass is 440 g/mol. The van der Waals surface area contributed by atoms with Gasteiger partial charge in [-0.25, -0.2) is 14.4 Å². The summed E-state index contributed by atoms with van der Waals surface area (Å²) in [5.74, 6) is 0.978. The van der Waals surface area contributed by atoms with E-state index in [9.17, 15) is 9.18 Å². The van der Waals surface area contributed by atoms with Gasteiger partial charge in [-0.1, -0.05) is 35.9 Å². The Morgan fingerprint density at radius 2 is 2.00 bits per heavy atom. The number of para-hydroxylation sites is 1. The van der Waals surface area contributed by atoms with Crippen molar-refractivity contribution in [3.05, 3.63) is 77.3 Å². The number of anilines is 1. The maximum absolute atomic E-state index is 13.3. The van der Waals surface area contributed by atoms with Crippen LogP contribution in [0, 0.1) is 11.7 Å². The van der Waals surface area contributed by atoms with Gasteiger partial charge in [0.05, 0.1) is 10.9 Å². The SMILES string of the molecule is O=C(NCc1ccc(F)c(Cl)c1)[C@@H]1CCCN(c2nccnc2Oc2ccccc2)C1. The van der Waals surface area contributed by atoms with Gasteiger partial charge in [0.2, 0.25) is 5.91 Å². The fraction of sp³-hybridized carbons (Fsp3) is 0.261. The highest BCUT2D eigenvalue weighted by Gasteiger charge is 2.28. The number of hydrogen-bond donors (Lipinski definition) is 1. The molecule has 2 aromatic carbocycles. The lowest BCUT2D eigenvalue weighted by Crippen LogP contribution is -2.43. The Balaban J connectivity index is 1.41. The predicted octanol–water partition coefficient (Wildman–Crippen LogP) is 4.59. The van der Waals surface area contributed by atoms with Gasteiger partial charge in [-0.05, 0) is 42.7 Å². The van der Waals surface area contributed by atoms with E-state index in [4.69, 9.17) is 16.3 Å². The first-order valence-electron chi connectivity index (χ1n) is 10.1. The van der Waals surface area contributed by atoms with Crippen LogP contribution >= 0.6 is 11.6 Å². The van der Waals surface area contributed by atoms with Crippen LogP contribution in [0.4, 0.5) is 10.2 Å². The first-order chi connectivity index (χ1) is 15.1. The summed E-state index contributed by atoms with van der Waals surface area (Å²) in [6, 6.07) is 13.8. The minimum absolute atomic E-state index is 0.0455. The van der Waals surface area contributed by atoms with Gasteiger partial charge in [-0.2, -0.15) is 0 Å². The number of rotatable bonds is 6. The maximum atomic E-state index is 13.3. The van der Waals surface area contributed by atoms with Crippen molar-refractivity contribution >= 4 is 23.3 Å². The van der Waals surface area contributed by atoms with Crippen LogP contribution in [0.5, 0.6) is 11.6 Å². The van der Waals surface area contributed by atoms with Crippen LogP contribution in [-0.4, -0.2) is 29.0 Å². The second kappa shape index (κ2) is 9.75. The highest BCUT2D eigenvalue weighted by atomic mass is 35.5. The molecule has 0 spiro atoms. The van der Waals surface area contributed by atoms with Crippen molar-refractivity contribution < 1.29 is 13.9 Å². The molecule has 1 fully saturated rings. The Hall–Kier alpha value is -3.19. The highest BCUT2D eigenvalue weighted by Crippen LogP contribution is 2.31. The summed E-state index contributed by atoms with van der Waals surface area (Å²) >= 11 is 5.82. The number of benzene rings is 2.